The molecule has 2 unspecified atom stereocenters. The highest BCUT2D eigenvalue weighted by molar-refractivity contribution is 7.92. The van der Waals surface area contributed by atoms with Gasteiger partial charge < -0.3 is 10.2 Å². The van der Waals surface area contributed by atoms with Gasteiger partial charge in [0.05, 0.1) is 11.9 Å². The Labute approximate surface area is 208 Å². The largest absolute Gasteiger partial charge is 0.352 e. The predicted octanol–water partition coefficient (Wildman–Crippen LogP) is 4.05. The van der Waals surface area contributed by atoms with Crippen LogP contribution < -0.4 is 9.62 Å². The maximum absolute atomic E-state index is 13.6. The van der Waals surface area contributed by atoms with Crippen LogP contribution in [-0.4, -0.2) is 50.0 Å². The van der Waals surface area contributed by atoms with E-state index in [1.807, 2.05) is 45.0 Å². The number of sulfonamides is 1. The molecule has 0 fully saturated rings. The molecule has 2 aromatic carbocycles. The number of nitrogens with one attached hydrogen (secondary N) is 1. The molecule has 0 bridgehead atoms. The molecule has 7 nitrogen and oxygen atoms in total. The highest BCUT2D eigenvalue weighted by atomic mass is 35.5. The molecular formula is C25H34ClN3O4S. The van der Waals surface area contributed by atoms with E-state index in [1.54, 1.807) is 26.0 Å². The van der Waals surface area contributed by atoms with Gasteiger partial charge in [-0.1, -0.05) is 54.4 Å². The molecule has 0 saturated heterocycles. The zero-order chi connectivity index (χ0) is 25.6. The summed E-state index contributed by atoms with van der Waals surface area (Å²) in [5.41, 5.74) is 2.86. The van der Waals surface area contributed by atoms with Gasteiger partial charge in [0.15, 0.2) is 0 Å². The van der Waals surface area contributed by atoms with E-state index >= 15 is 0 Å². The molecule has 2 aromatic rings. The highest BCUT2D eigenvalue weighted by Crippen LogP contribution is 2.26. The second-order valence-electron chi connectivity index (χ2n) is 8.70. The van der Waals surface area contributed by atoms with Gasteiger partial charge in [-0.15, -0.1) is 0 Å². The van der Waals surface area contributed by atoms with Crippen LogP contribution in [0.5, 0.6) is 0 Å². The molecule has 9 heteroatoms. The van der Waals surface area contributed by atoms with Crippen molar-refractivity contribution in [3.8, 4) is 0 Å². The van der Waals surface area contributed by atoms with Gasteiger partial charge >= 0.3 is 0 Å². The predicted molar refractivity (Wildman–Crippen MR) is 137 cm³/mol. The fourth-order valence-electron chi connectivity index (χ4n) is 3.50. The summed E-state index contributed by atoms with van der Waals surface area (Å²) in [6.07, 6.45) is 1.80. The van der Waals surface area contributed by atoms with Crippen LogP contribution in [0.4, 0.5) is 5.69 Å². The number of hydrogen-bond acceptors (Lipinski definition) is 4. The molecule has 0 aromatic heterocycles. The molecule has 0 aliphatic heterocycles. The monoisotopic (exact) mass is 507 g/mol. The van der Waals surface area contributed by atoms with Gasteiger partial charge in [-0.05, 0) is 57.4 Å². The van der Waals surface area contributed by atoms with Crippen molar-refractivity contribution in [3.63, 3.8) is 0 Å². The van der Waals surface area contributed by atoms with Crippen LogP contribution in [0.15, 0.2) is 42.5 Å². The zero-order valence-electron chi connectivity index (χ0n) is 20.6. The minimum absolute atomic E-state index is 0.0486. The number of benzene rings is 2. The van der Waals surface area contributed by atoms with Crippen molar-refractivity contribution in [2.24, 2.45) is 0 Å². The number of halogens is 1. The van der Waals surface area contributed by atoms with Crippen molar-refractivity contribution in [1.82, 2.24) is 10.2 Å². The van der Waals surface area contributed by atoms with E-state index in [9.17, 15) is 18.0 Å². The molecular weight excluding hydrogens is 474 g/mol. The van der Waals surface area contributed by atoms with Gasteiger partial charge in [-0.2, -0.15) is 0 Å². The van der Waals surface area contributed by atoms with Gasteiger partial charge in [0.1, 0.15) is 12.6 Å². The molecule has 186 valence electrons. The minimum Gasteiger partial charge on any atom is -0.352 e. The van der Waals surface area contributed by atoms with Gasteiger partial charge in [0.25, 0.3) is 0 Å². The number of carbonyl (C=O) groups excluding carboxylic acids is 2. The summed E-state index contributed by atoms with van der Waals surface area (Å²) in [5.74, 6) is -0.779. The Morgan fingerprint density at radius 2 is 1.76 bits per heavy atom. The number of carbonyl (C=O) groups is 2. The lowest BCUT2D eigenvalue weighted by Crippen LogP contribution is -2.52. The first-order valence-electron chi connectivity index (χ1n) is 11.2. The van der Waals surface area contributed by atoms with Gasteiger partial charge in [0, 0.05) is 17.6 Å². The molecule has 2 atom stereocenters. The summed E-state index contributed by atoms with van der Waals surface area (Å²) < 4.78 is 26.4. The molecule has 0 heterocycles. The first-order chi connectivity index (χ1) is 15.8. The van der Waals surface area contributed by atoms with E-state index < -0.39 is 28.5 Å². The van der Waals surface area contributed by atoms with E-state index in [4.69, 9.17) is 11.6 Å². The number of rotatable bonds is 10. The van der Waals surface area contributed by atoms with Crippen LogP contribution in [-0.2, 0) is 26.2 Å². The van der Waals surface area contributed by atoms with Crippen LogP contribution in [0.3, 0.4) is 0 Å². The molecule has 0 aliphatic carbocycles. The second-order valence-corrected chi connectivity index (χ2v) is 11.0. The van der Waals surface area contributed by atoms with Crippen LogP contribution in [0, 0.1) is 13.8 Å². The number of anilines is 1. The van der Waals surface area contributed by atoms with E-state index in [0.29, 0.717) is 16.3 Å². The topological polar surface area (TPSA) is 86.8 Å². The van der Waals surface area contributed by atoms with Gasteiger partial charge in [0.2, 0.25) is 21.8 Å². The van der Waals surface area contributed by atoms with E-state index in [-0.39, 0.29) is 18.5 Å². The Bertz CT molecular complexity index is 1140. The molecule has 0 spiro atoms. The van der Waals surface area contributed by atoms with Gasteiger partial charge in [-0.3, -0.25) is 13.9 Å². The maximum Gasteiger partial charge on any atom is 0.244 e. The van der Waals surface area contributed by atoms with Crippen molar-refractivity contribution in [2.45, 2.75) is 59.7 Å². The summed E-state index contributed by atoms with van der Waals surface area (Å²) in [5, 5.41) is 3.27. The maximum atomic E-state index is 13.6. The van der Waals surface area contributed by atoms with Crippen molar-refractivity contribution in [3.05, 3.63) is 64.2 Å². The molecule has 0 saturated carbocycles. The van der Waals surface area contributed by atoms with Crippen molar-refractivity contribution >= 4 is 39.1 Å². The Morgan fingerprint density at radius 3 is 2.35 bits per heavy atom. The number of aryl methyl sites for hydroxylation is 2. The van der Waals surface area contributed by atoms with Crippen LogP contribution in [0.25, 0.3) is 0 Å². The summed E-state index contributed by atoms with van der Waals surface area (Å²) in [6, 6.07) is 11.7. The highest BCUT2D eigenvalue weighted by Gasteiger charge is 2.31. The van der Waals surface area contributed by atoms with Crippen molar-refractivity contribution in [1.29, 1.82) is 0 Å². The quantitative estimate of drug-likeness (QED) is 0.525. The molecule has 2 rings (SSSR count). The molecule has 34 heavy (non-hydrogen) atoms. The van der Waals surface area contributed by atoms with Crippen LogP contribution in [0.2, 0.25) is 5.02 Å². The van der Waals surface area contributed by atoms with E-state index in [0.717, 1.165) is 28.1 Å². The number of amides is 2. The molecule has 1 N–H and O–H groups in total. The first kappa shape index (κ1) is 27.7. The SMILES string of the molecule is CCC(C)NC(=O)C(C)N(Cc1cccc(C)c1)C(=O)CN(c1cc(Cl)ccc1C)S(C)(=O)=O. The summed E-state index contributed by atoms with van der Waals surface area (Å²) in [6.45, 7) is 8.92. The first-order valence-corrected chi connectivity index (χ1v) is 13.4. The van der Waals surface area contributed by atoms with Crippen LogP contribution in [0.1, 0.15) is 43.9 Å². The third-order valence-electron chi connectivity index (χ3n) is 5.72. The lowest BCUT2D eigenvalue weighted by Gasteiger charge is -2.32. The van der Waals surface area contributed by atoms with Crippen molar-refractivity contribution < 1.29 is 18.0 Å². The van der Waals surface area contributed by atoms with Crippen molar-refractivity contribution in [2.75, 3.05) is 17.1 Å². The Morgan fingerprint density at radius 1 is 1.09 bits per heavy atom. The number of nitrogens with zero attached hydrogens (tertiary/aromatic N) is 2. The third kappa shape index (κ3) is 7.46. The normalized spacial score (nSPS) is 13.1. The Hall–Kier alpha value is -2.58. The molecule has 2 amide bonds. The van der Waals surface area contributed by atoms with E-state index in [2.05, 4.69) is 5.32 Å². The van der Waals surface area contributed by atoms with Crippen LogP contribution >= 0.6 is 11.6 Å². The minimum atomic E-state index is -3.81. The van der Waals surface area contributed by atoms with Gasteiger partial charge in [-0.25, -0.2) is 8.42 Å². The average molecular weight is 508 g/mol. The van der Waals surface area contributed by atoms with E-state index in [1.165, 1.54) is 11.0 Å². The zero-order valence-corrected chi connectivity index (χ0v) is 22.2. The fourth-order valence-corrected chi connectivity index (χ4v) is 4.57. The summed E-state index contributed by atoms with van der Waals surface area (Å²) in [4.78, 5) is 27.9. The lowest BCUT2D eigenvalue weighted by molar-refractivity contribution is -0.139. The lowest BCUT2D eigenvalue weighted by atomic mass is 10.1. The Kier molecular flexibility index (Phi) is 9.53. The molecule has 0 aliphatic rings. The molecule has 0 radical (unpaired) electrons. The summed E-state index contributed by atoms with van der Waals surface area (Å²) in [7, 11) is -3.81. The third-order valence-corrected chi connectivity index (χ3v) is 7.08. The second kappa shape index (κ2) is 11.7. The standard InChI is InChI=1S/C25H34ClN3O4S/c1-7-19(4)27-25(31)20(5)28(15-21-10-8-9-17(2)13-21)24(30)16-29(34(6,32)33)23-14-22(26)12-11-18(23)3/h8-14,19-20H,7,15-16H2,1-6H3,(H,27,31). The summed E-state index contributed by atoms with van der Waals surface area (Å²) >= 11 is 6.12. The smallest absolute Gasteiger partial charge is 0.244 e. The number of hydrogen-bond donors (Lipinski definition) is 1. The average Bonchev–Trinajstić information content (AvgIpc) is 2.76. The fraction of sp³-hybridized carbons (Fsp3) is 0.440. The Balaban J connectivity index is 2.43.